The predicted octanol–water partition coefficient (Wildman–Crippen LogP) is 2.56. The average Bonchev–Trinajstić information content (AvgIpc) is 2.68. The van der Waals surface area contributed by atoms with Crippen molar-refractivity contribution in [2.75, 3.05) is 36.4 Å². The molecule has 0 radical (unpaired) electrons. The quantitative estimate of drug-likeness (QED) is 0.918. The molecule has 1 aromatic heterocycles. The summed E-state index contributed by atoms with van der Waals surface area (Å²) in [5.41, 5.74) is 3.37. The van der Waals surface area contributed by atoms with Gasteiger partial charge in [-0.05, 0) is 24.1 Å². The average molecular weight is 352 g/mol. The van der Waals surface area contributed by atoms with Crippen molar-refractivity contribution in [2.24, 2.45) is 0 Å². The third kappa shape index (κ3) is 4.02. The number of aryl methyl sites for hydroxylation is 1. The molecule has 2 amide bonds. The van der Waals surface area contributed by atoms with Gasteiger partial charge in [0.1, 0.15) is 0 Å². The number of rotatable bonds is 4. The summed E-state index contributed by atoms with van der Waals surface area (Å²) in [6.45, 7) is 6.52. The number of pyridine rings is 1. The summed E-state index contributed by atoms with van der Waals surface area (Å²) in [5, 5.41) is 2.98. The van der Waals surface area contributed by atoms with E-state index >= 15 is 0 Å². The summed E-state index contributed by atoms with van der Waals surface area (Å²) < 4.78 is 0. The predicted molar refractivity (Wildman–Crippen MR) is 102 cm³/mol. The molecule has 3 rings (SSSR count). The molecule has 0 saturated carbocycles. The first kappa shape index (κ1) is 17.9. The zero-order valence-corrected chi connectivity index (χ0v) is 15.2. The van der Waals surface area contributed by atoms with Gasteiger partial charge in [-0.1, -0.05) is 25.1 Å². The number of para-hydroxylation sites is 1. The van der Waals surface area contributed by atoms with E-state index in [1.54, 1.807) is 19.3 Å². The molecule has 1 aromatic carbocycles. The van der Waals surface area contributed by atoms with Crippen LogP contribution in [0.3, 0.4) is 0 Å². The van der Waals surface area contributed by atoms with Gasteiger partial charge in [-0.15, -0.1) is 0 Å². The van der Waals surface area contributed by atoms with Crippen molar-refractivity contribution in [3.8, 4) is 0 Å². The lowest BCUT2D eigenvalue weighted by atomic mass is 10.1. The summed E-state index contributed by atoms with van der Waals surface area (Å²) in [7, 11) is 0. The third-order valence-electron chi connectivity index (χ3n) is 4.72. The van der Waals surface area contributed by atoms with Crippen molar-refractivity contribution in [1.29, 1.82) is 0 Å². The van der Waals surface area contributed by atoms with Crippen LogP contribution in [0.1, 0.15) is 29.8 Å². The van der Waals surface area contributed by atoms with Gasteiger partial charge in [0.15, 0.2) is 0 Å². The lowest BCUT2D eigenvalue weighted by Crippen LogP contribution is -2.48. The number of carbonyl (C=O) groups excluding carboxylic acids is 2. The van der Waals surface area contributed by atoms with Gasteiger partial charge in [0.05, 0.1) is 17.4 Å². The third-order valence-corrected chi connectivity index (χ3v) is 4.72. The Balaban J connectivity index is 1.71. The minimum atomic E-state index is -0.164. The zero-order chi connectivity index (χ0) is 18.5. The minimum absolute atomic E-state index is 0.102. The summed E-state index contributed by atoms with van der Waals surface area (Å²) in [6.07, 6.45) is 4.20. The lowest BCUT2D eigenvalue weighted by Gasteiger charge is -2.35. The maximum atomic E-state index is 12.6. The van der Waals surface area contributed by atoms with E-state index in [0.717, 1.165) is 36.4 Å². The van der Waals surface area contributed by atoms with Gasteiger partial charge in [-0.2, -0.15) is 0 Å². The number of nitrogens with zero attached hydrogens (tertiary/aromatic N) is 3. The van der Waals surface area contributed by atoms with Crippen LogP contribution in [0, 0.1) is 0 Å². The summed E-state index contributed by atoms with van der Waals surface area (Å²) in [4.78, 5) is 32.3. The number of piperazine rings is 1. The minimum Gasteiger partial charge on any atom is -0.367 e. The van der Waals surface area contributed by atoms with Crippen molar-refractivity contribution in [2.45, 2.75) is 20.3 Å². The topological polar surface area (TPSA) is 65.5 Å². The van der Waals surface area contributed by atoms with Gasteiger partial charge in [0.2, 0.25) is 5.91 Å². The number of anilines is 2. The number of carbonyl (C=O) groups is 2. The van der Waals surface area contributed by atoms with Crippen LogP contribution >= 0.6 is 0 Å². The Morgan fingerprint density at radius 1 is 1.12 bits per heavy atom. The van der Waals surface area contributed by atoms with Crippen LogP contribution in [0.4, 0.5) is 11.4 Å². The van der Waals surface area contributed by atoms with E-state index in [1.165, 1.54) is 0 Å². The van der Waals surface area contributed by atoms with Crippen LogP contribution < -0.4 is 10.2 Å². The molecule has 0 aliphatic carbocycles. The first-order valence-corrected chi connectivity index (χ1v) is 8.93. The van der Waals surface area contributed by atoms with E-state index in [2.05, 4.69) is 22.1 Å². The Hall–Kier alpha value is -2.89. The van der Waals surface area contributed by atoms with E-state index in [4.69, 9.17) is 0 Å². The Bertz CT molecular complexity index is 798. The second-order valence-corrected chi connectivity index (χ2v) is 6.39. The van der Waals surface area contributed by atoms with E-state index in [9.17, 15) is 9.59 Å². The Kier molecular flexibility index (Phi) is 5.51. The monoisotopic (exact) mass is 352 g/mol. The molecule has 0 spiro atoms. The highest BCUT2D eigenvalue weighted by molar-refractivity contribution is 6.05. The molecule has 1 saturated heterocycles. The van der Waals surface area contributed by atoms with E-state index in [0.29, 0.717) is 18.7 Å². The Morgan fingerprint density at radius 3 is 2.54 bits per heavy atom. The van der Waals surface area contributed by atoms with Crippen LogP contribution in [-0.4, -0.2) is 47.9 Å². The van der Waals surface area contributed by atoms with Crippen LogP contribution in [0.15, 0.2) is 42.7 Å². The van der Waals surface area contributed by atoms with Gasteiger partial charge in [0, 0.05) is 45.0 Å². The summed E-state index contributed by atoms with van der Waals surface area (Å²) in [5.74, 6) is -0.0619. The fraction of sp³-hybridized carbons (Fsp3) is 0.350. The molecule has 2 aromatic rings. The van der Waals surface area contributed by atoms with Gasteiger partial charge in [-0.3, -0.25) is 14.6 Å². The summed E-state index contributed by atoms with van der Waals surface area (Å²) >= 11 is 0. The smallest absolute Gasteiger partial charge is 0.257 e. The highest BCUT2D eigenvalue weighted by Gasteiger charge is 2.20. The van der Waals surface area contributed by atoms with Crippen molar-refractivity contribution in [3.63, 3.8) is 0 Å². The highest BCUT2D eigenvalue weighted by Crippen LogP contribution is 2.20. The summed E-state index contributed by atoms with van der Waals surface area (Å²) in [6, 6.07) is 9.67. The maximum absolute atomic E-state index is 12.6. The van der Waals surface area contributed by atoms with E-state index < -0.39 is 0 Å². The first-order valence-electron chi connectivity index (χ1n) is 8.93. The lowest BCUT2D eigenvalue weighted by molar-refractivity contribution is -0.129. The molecule has 2 heterocycles. The van der Waals surface area contributed by atoms with Crippen molar-refractivity contribution in [3.05, 3.63) is 53.9 Å². The fourth-order valence-corrected chi connectivity index (χ4v) is 3.15. The molecular weight excluding hydrogens is 328 g/mol. The molecule has 0 atom stereocenters. The molecule has 6 heteroatoms. The van der Waals surface area contributed by atoms with Crippen LogP contribution in [0.5, 0.6) is 0 Å². The van der Waals surface area contributed by atoms with Crippen LogP contribution in [0.25, 0.3) is 0 Å². The van der Waals surface area contributed by atoms with Gasteiger partial charge < -0.3 is 15.1 Å². The highest BCUT2D eigenvalue weighted by atomic mass is 16.2. The maximum Gasteiger partial charge on any atom is 0.257 e. The van der Waals surface area contributed by atoms with Crippen molar-refractivity contribution in [1.82, 2.24) is 9.88 Å². The number of amides is 2. The Labute approximate surface area is 153 Å². The molecule has 136 valence electrons. The number of hydrogen-bond donors (Lipinski definition) is 1. The largest absolute Gasteiger partial charge is 0.367 e. The molecule has 1 N–H and O–H groups in total. The van der Waals surface area contributed by atoms with E-state index in [1.807, 2.05) is 35.2 Å². The number of aromatic nitrogens is 1. The van der Waals surface area contributed by atoms with Gasteiger partial charge >= 0.3 is 0 Å². The van der Waals surface area contributed by atoms with Gasteiger partial charge in [0.25, 0.3) is 5.91 Å². The molecule has 26 heavy (non-hydrogen) atoms. The number of benzene rings is 1. The fourth-order valence-electron chi connectivity index (χ4n) is 3.15. The van der Waals surface area contributed by atoms with Crippen LogP contribution in [-0.2, 0) is 11.2 Å². The van der Waals surface area contributed by atoms with E-state index in [-0.39, 0.29) is 11.8 Å². The Morgan fingerprint density at radius 2 is 1.85 bits per heavy atom. The second-order valence-electron chi connectivity index (χ2n) is 6.39. The zero-order valence-electron chi connectivity index (χ0n) is 15.2. The molecule has 1 aliphatic heterocycles. The number of nitrogens with one attached hydrogen (secondary N) is 1. The van der Waals surface area contributed by atoms with Gasteiger partial charge in [-0.25, -0.2) is 0 Å². The van der Waals surface area contributed by atoms with Crippen molar-refractivity contribution >= 4 is 23.2 Å². The molecule has 0 bridgehead atoms. The first-order chi connectivity index (χ1) is 12.6. The molecule has 6 nitrogen and oxygen atoms in total. The molecule has 1 fully saturated rings. The van der Waals surface area contributed by atoms with Crippen molar-refractivity contribution < 1.29 is 9.59 Å². The second kappa shape index (κ2) is 7.99. The number of hydrogen-bond acceptors (Lipinski definition) is 4. The van der Waals surface area contributed by atoms with Crippen LogP contribution in [0.2, 0.25) is 0 Å². The molecule has 1 aliphatic rings. The SMILES string of the molecule is CCc1ccccc1NC(=O)c1cncc(N2CCN(C(C)=O)CC2)c1. The molecule has 0 unspecified atom stereocenters. The standard InChI is InChI=1S/C20H24N4O2/c1-3-16-6-4-5-7-19(16)22-20(26)17-12-18(14-21-13-17)24-10-8-23(9-11-24)15(2)25/h4-7,12-14H,3,8-11H2,1-2H3,(H,22,26). The normalized spacial score (nSPS) is 14.2. The molecular formula is C20H24N4O2.